The molecule has 0 amide bonds. The summed E-state index contributed by atoms with van der Waals surface area (Å²) in [7, 11) is 3.28. The van der Waals surface area contributed by atoms with Crippen molar-refractivity contribution in [2.24, 2.45) is 5.73 Å². The normalized spacial score (nSPS) is 10.8. The van der Waals surface area contributed by atoms with E-state index in [2.05, 4.69) is 13.8 Å². The summed E-state index contributed by atoms with van der Waals surface area (Å²) in [6.45, 7) is 4.90. The van der Waals surface area contributed by atoms with Crippen LogP contribution in [-0.4, -0.2) is 20.8 Å². The van der Waals surface area contributed by atoms with E-state index in [0.717, 1.165) is 34.7 Å². The van der Waals surface area contributed by atoms with Crippen molar-refractivity contribution < 1.29 is 9.47 Å². The van der Waals surface area contributed by atoms with E-state index < -0.39 is 0 Å². The predicted molar refractivity (Wildman–Crippen MR) is 76.0 cm³/mol. The van der Waals surface area contributed by atoms with Crippen molar-refractivity contribution in [2.75, 3.05) is 20.8 Å². The molecular formula is C14H22ClNO2. The molecule has 1 rings (SSSR count). The number of benzene rings is 1. The smallest absolute Gasteiger partial charge is 0.164 e. The van der Waals surface area contributed by atoms with Crippen LogP contribution < -0.4 is 15.2 Å². The molecule has 0 aromatic heterocycles. The van der Waals surface area contributed by atoms with Gasteiger partial charge in [-0.1, -0.05) is 25.4 Å². The molecule has 0 saturated carbocycles. The predicted octanol–water partition coefficient (Wildman–Crippen LogP) is 3.37. The number of ether oxygens (including phenoxy) is 2. The molecule has 0 spiro atoms. The minimum absolute atomic E-state index is 0.320. The summed E-state index contributed by atoms with van der Waals surface area (Å²) < 4.78 is 10.8. The third kappa shape index (κ3) is 3.09. The van der Waals surface area contributed by atoms with Gasteiger partial charge in [-0.05, 0) is 30.9 Å². The summed E-state index contributed by atoms with van der Waals surface area (Å²) in [5.41, 5.74) is 7.82. The molecule has 0 fully saturated rings. The zero-order valence-electron chi connectivity index (χ0n) is 11.5. The molecule has 0 saturated heterocycles. The van der Waals surface area contributed by atoms with E-state index in [1.807, 2.05) is 6.07 Å². The molecule has 0 aliphatic heterocycles. The number of methoxy groups -OCH3 is 2. The van der Waals surface area contributed by atoms with E-state index in [-0.39, 0.29) is 0 Å². The van der Waals surface area contributed by atoms with E-state index in [1.54, 1.807) is 14.2 Å². The number of hydrogen-bond acceptors (Lipinski definition) is 3. The first-order chi connectivity index (χ1) is 8.56. The van der Waals surface area contributed by atoms with Crippen LogP contribution in [0.2, 0.25) is 5.02 Å². The Balaban J connectivity index is 3.39. The highest BCUT2D eigenvalue weighted by Gasteiger charge is 2.20. The summed E-state index contributed by atoms with van der Waals surface area (Å²) in [4.78, 5) is 0. The summed E-state index contributed by atoms with van der Waals surface area (Å²) in [5, 5.41) is 0.727. The van der Waals surface area contributed by atoms with E-state index in [9.17, 15) is 0 Å². The lowest BCUT2D eigenvalue weighted by molar-refractivity contribution is 0.349. The molecule has 1 aromatic carbocycles. The molecule has 0 aliphatic carbocycles. The summed E-state index contributed by atoms with van der Waals surface area (Å²) in [6.07, 6.45) is 1.78. The van der Waals surface area contributed by atoms with E-state index >= 15 is 0 Å². The quantitative estimate of drug-likeness (QED) is 0.863. The maximum absolute atomic E-state index is 6.35. The van der Waals surface area contributed by atoms with Gasteiger partial charge >= 0.3 is 0 Å². The van der Waals surface area contributed by atoms with Gasteiger partial charge in [0.25, 0.3) is 0 Å². The fourth-order valence-corrected chi connectivity index (χ4v) is 2.47. The minimum atomic E-state index is 0.320. The third-order valence-electron chi connectivity index (χ3n) is 2.97. The first-order valence-electron chi connectivity index (χ1n) is 6.20. The van der Waals surface area contributed by atoms with Crippen molar-refractivity contribution in [1.29, 1.82) is 0 Å². The molecule has 0 atom stereocenters. The molecule has 18 heavy (non-hydrogen) atoms. The Morgan fingerprint density at radius 3 is 2.39 bits per heavy atom. The molecule has 3 nitrogen and oxygen atoms in total. The van der Waals surface area contributed by atoms with Crippen molar-refractivity contribution in [3.63, 3.8) is 0 Å². The second kappa shape index (κ2) is 6.86. The van der Waals surface area contributed by atoms with Crippen LogP contribution in [0.25, 0.3) is 0 Å². The Hall–Kier alpha value is -0.930. The van der Waals surface area contributed by atoms with Crippen molar-refractivity contribution >= 4 is 11.6 Å². The second-order valence-corrected chi connectivity index (χ2v) is 4.94. The van der Waals surface area contributed by atoms with Gasteiger partial charge in [0.1, 0.15) is 0 Å². The Kier molecular flexibility index (Phi) is 5.76. The molecule has 4 heteroatoms. The standard InChI is InChI=1S/C14H22ClNO2/c1-9(2)13-10(6-5-7-16)11(15)8-12(17-3)14(13)18-4/h8-9H,5-7,16H2,1-4H3. The maximum atomic E-state index is 6.35. The van der Waals surface area contributed by atoms with Crippen molar-refractivity contribution in [3.05, 3.63) is 22.2 Å². The lowest BCUT2D eigenvalue weighted by Crippen LogP contribution is -2.07. The van der Waals surface area contributed by atoms with Crippen LogP contribution >= 0.6 is 11.6 Å². The molecule has 0 radical (unpaired) electrons. The molecule has 0 aliphatic rings. The summed E-state index contributed by atoms with van der Waals surface area (Å²) in [6, 6.07) is 1.82. The van der Waals surface area contributed by atoms with E-state index in [4.69, 9.17) is 26.8 Å². The first kappa shape index (κ1) is 15.1. The highest BCUT2D eigenvalue weighted by molar-refractivity contribution is 6.31. The number of nitrogens with two attached hydrogens (primary N) is 1. The fraction of sp³-hybridized carbons (Fsp3) is 0.571. The van der Waals surface area contributed by atoms with Crippen LogP contribution in [-0.2, 0) is 6.42 Å². The molecule has 1 aromatic rings. The highest BCUT2D eigenvalue weighted by Crippen LogP contribution is 2.42. The zero-order chi connectivity index (χ0) is 13.7. The minimum Gasteiger partial charge on any atom is -0.493 e. The van der Waals surface area contributed by atoms with E-state index in [1.165, 1.54) is 0 Å². The molecule has 0 heterocycles. The van der Waals surface area contributed by atoms with Gasteiger partial charge in [0.05, 0.1) is 14.2 Å². The molecule has 102 valence electrons. The van der Waals surface area contributed by atoms with Crippen LogP contribution in [0.4, 0.5) is 0 Å². The number of halogens is 1. The lowest BCUT2D eigenvalue weighted by Gasteiger charge is -2.21. The van der Waals surface area contributed by atoms with Gasteiger partial charge < -0.3 is 15.2 Å². The van der Waals surface area contributed by atoms with Gasteiger partial charge in [0.2, 0.25) is 0 Å². The van der Waals surface area contributed by atoms with Gasteiger partial charge in [0.15, 0.2) is 11.5 Å². The number of hydrogen-bond donors (Lipinski definition) is 1. The van der Waals surface area contributed by atoms with Crippen LogP contribution in [0.3, 0.4) is 0 Å². The van der Waals surface area contributed by atoms with Crippen molar-refractivity contribution in [1.82, 2.24) is 0 Å². The fourth-order valence-electron chi connectivity index (χ4n) is 2.17. The van der Waals surface area contributed by atoms with Crippen molar-refractivity contribution in [3.8, 4) is 11.5 Å². The topological polar surface area (TPSA) is 44.5 Å². The van der Waals surface area contributed by atoms with Crippen LogP contribution in [0, 0.1) is 0 Å². The molecule has 0 bridgehead atoms. The maximum Gasteiger partial charge on any atom is 0.164 e. The molecule has 2 N–H and O–H groups in total. The van der Waals surface area contributed by atoms with Gasteiger partial charge in [-0.25, -0.2) is 0 Å². The average Bonchev–Trinajstić information content (AvgIpc) is 2.35. The molecule has 0 unspecified atom stereocenters. The summed E-state index contributed by atoms with van der Waals surface area (Å²) in [5.74, 6) is 1.78. The second-order valence-electron chi connectivity index (χ2n) is 4.53. The van der Waals surface area contributed by atoms with Gasteiger partial charge in [-0.15, -0.1) is 0 Å². The van der Waals surface area contributed by atoms with Crippen LogP contribution in [0.5, 0.6) is 11.5 Å². The Labute approximate surface area is 114 Å². The highest BCUT2D eigenvalue weighted by atomic mass is 35.5. The van der Waals surface area contributed by atoms with Gasteiger partial charge in [-0.3, -0.25) is 0 Å². The van der Waals surface area contributed by atoms with Gasteiger partial charge in [0, 0.05) is 16.7 Å². The van der Waals surface area contributed by atoms with E-state index in [0.29, 0.717) is 18.2 Å². The Morgan fingerprint density at radius 1 is 1.28 bits per heavy atom. The average molecular weight is 272 g/mol. The van der Waals surface area contributed by atoms with Gasteiger partial charge in [-0.2, -0.15) is 0 Å². The monoisotopic (exact) mass is 271 g/mol. The number of rotatable bonds is 6. The van der Waals surface area contributed by atoms with Crippen LogP contribution in [0.15, 0.2) is 6.07 Å². The zero-order valence-corrected chi connectivity index (χ0v) is 12.3. The Morgan fingerprint density at radius 2 is 1.94 bits per heavy atom. The third-order valence-corrected chi connectivity index (χ3v) is 3.31. The largest absolute Gasteiger partial charge is 0.493 e. The summed E-state index contributed by atoms with van der Waals surface area (Å²) >= 11 is 6.35. The van der Waals surface area contributed by atoms with Crippen LogP contribution in [0.1, 0.15) is 37.3 Å². The van der Waals surface area contributed by atoms with Crippen molar-refractivity contribution in [2.45, 2.75) is 32.6 Å². The Bertz CT molecular complexity index is 405. The lowest BCUT2D eigenvalue weighted by atomic mass is 9.92. The molecular weight excluding hydrogens is 250 g/mol. The first-order valence-corrected chi connectivity index (χ1v) is 6.57. The SMILES string of the molecule is COc1cc(Cl)c(CCCN)c(C(C)C)c1OC.